The third-order valence-electron chi connectivity index (χ3n) is 4.67. The largest absolute Gasteiger partial charge is 0.494 e. The number of methoxy groups -OCH3 is 1. The van der Waals surface area contributed by atoms with E-state index in [-0.39, 0.29) is 23.5 Å². The van der Waals surface area contributed by atoms with E-state index in [0.717, 1.165) is 29.4 Å². The number of likely N-dealkylation sites (tertiary alicyclic amines) is 1. The van der Waals surface area contributed by atoms with E-state index >= 15 is 0 Å². The summed E-state index contributed by atoms with van der Waals surface area (Å²) in [6.45, 7) is 0.788. The number of ether oxygens (including phenoxy) is 1. The van der Waals surface area contributed by atoms with Crippen LogP contribution >= 0.6 is 15.9 Å². The summed E-state index contributed by atoms with van der Waals surface area (Å²) in [5.74, 6) is -0.0343. The Morgan fingerprint density at radius 2 is 2.04 bits per heavy atom. The Labute approximate surface area is 155 Å². The van der Waals surface area contributed by atoms with Crippen molar-refractivity contribution >= 4 is 21.8 Å². The highest BCUT2D eigenvalue weighted by Crippen LogP contribution is 2.33. The fourth-order valence-electron chi connectivity index (χ4n) is 3.36. The zero-order valence-electron chi connectivity index (χ0n) is 14.2. The van der Waals surface area contributed by atoms with Gasteiger partial charge in [-0.1, -0.05) is 34.1 Å². The second kappa shape index (κ2) is 8.00. The van der Waals surface area contributed by atoms with Gasteiger partial charge in [0.15, 0.2) is 11.6 Å². The van der Waals surface area contributed by atoms with E-state index in [0.29, 0.717) is 12.8 Å². The molecule has 132 valence electrons. The van der Waals surface area contributed by atoms with Crippen molar-refractivity contribution in [2.24, 2.45) is 0 Å². The van der Waals surface area contributed by atoms with Crippen molar-refractivity contribution in [2.75, 3.05) is 13.7 Å². The van der Waals surface area contributed by atoms with Crippen LogP contribution in [0.4, 0.5) is 4.39 Å². The summed E-state index contributed by atoms with van der Waals surface area (Å²) in [6, 6.07) is 13.2. The van der Waals surface area contributed by atoms with Crippen LogP contribution in [0, 0.1) is 5.82 Å². The monoisotopic (exact) mass is 405 g/mol. The summed E-state index contributed by atoms with van der Waals surface area (Å²) in [6.07, 6.45) is 2.93. The molecule has 5 heteroatoms. The van der Waals surface area contributed by atoms with E-state index in [2.05, 4.69) is 28.1 Å². The number of carbonyl (C=O) groups excluding carboxylic acids is 1. The van der Waals surface area contributed by atoms with Crippen molar-refractivity contribution in [3.8, 4) is 5.75 Å². The third-order valence-corrected chi connectivity index (χ3v) is 5.20. The molecule has 1 aliphatic rings. The lowest BCUT2D eigenvalue weighted by atomic mass is 10.0. The van der Waals surface area contributed by atoms with Crippen molar-refractivity contribution in [1.29, 1.82) is 0 Å². The highest BCUT2D eigenvalue weighted by molar-refractivity contribution is 9.10. The van der Waals surface area contributed by atoms with Gasteiger partial charge >= 0.3 is 0 Å². The molecule has 1 heterocycles. The van der Waals surface area contributed by atoms with Crippen molar-refractivity contribution in [3.05, 3.63) is 63.9 Å². The van der Waals surface area contributed by atoms with E-state index in [1.165, 1.54) is 18.7 Å². The van der Waals surface area contributed by atoms with Gasteiger partial charge in [-0.3, -0.25) is 4.79 Å². The summed E-state index contributed by atoms with van der Waals surface area (Å²) in [5, 5.41) is 0. The number of halogens is 2. The minimum absolute atomic E-state index is 0.127. The first-order chi connectivity index (χ1) is 12.1. The molecule has 25 heavy (non-hydrogen) atoms. The SMILES string of the molecule is COc1ccc(CCC(=O)N2CCCC2c2ccc(Br)cc2)cc1F. The highest BCUT2D eigenvalue weighted by Gasteiger charge is 2.29. The van der Waals surface area contributed by atoms with Crippen LogP contribution in [0.1, 0.15) is 36.4 Å². The fourth-order valence-corrected chi connectivity index (χ4v) is 3.62. The average molecular weight is 406 g/mol. The van der Waals surface area contributed by atoms with Crippen LogP contribution in [0.5, 0.6) is 5.75 Å². The molecule has 2 aromatic rings. The molecule has 1 saturated heterocycles. The average Bonchev–Trinajstić information content (AvgIpc) is 3.10. The first-order valence-electron chi connectivity index (χ1n) is 8.46. The molecule has 0 N–H and O–H groups in total. The molecule has 0 bridgehead atoms. The number of hydrogen-bond acceptors (Lipinski definition) is 2. The maximum absolute atomic E-state index is 13.8. The smallest absolute Gasteiger partial charge is 0.223 e. The molecule has 2 aromatic carbocycles. The first kappa shape index (κ1) is 17.9. The number of carbonyl (C=O) groups is 1. The topological polar surface area (TPSA) is 29.5 Å². The molecule has 0 saturated carbocycles. The Kier molecular flexibility index (Phi) is 5.74. The number of benzene rings is 2. The van der Waals surface area contributed by atoms with Gasteiger partial charge in [-0.15, -0.1) is 0 Å². The molecule has 3 rings (SSSR count). The lowest BCUT2D eigenvalue weighted by molar-refractivity contribution is -0.132. The van der Waals surface area contributed by atoms with Gasteiger partial charge in [0.2, 0.25) is 5.91 Å². The molecule has 1 atom stereocenters. The Bertz CT molecular complexity index is 748. The number of rotatable bonds is 5. The quantitative estimate of drug-likeness (QED) is 0.708. The molecule has 1 amide bonds. The zero-order chi connectivity index (χ0) is 17.8. The summed E-state index contributed by atoms with van der Waals surface area (Å²) in [5.41, 5.74) is 1.98. The predicted molar refractivity (Wildman–Crippen MR) is 99.1 cm³/mol. The molecule has 1 unspecified atom stereocenters. The molecule has 0 spiro atoms. The van der Waals surface area contributed by atoms with Gasteiger partial charge in [0.05, 0.1) is 13.2 Å². The molecule has 0 radical (unpaired) electrons. The van der Waals surface area contributed by atoms with E-state index in [4.69, 9.17) is 4.74 Å². The van der Waals surface area contributed by atoms with Crippen molar-refractivity contribution in [2.45, 2.75) is 31.7 Å². The summed E-state index contributed by atoms with van der Waals surface area (Å²) >= 11 is 3.44. The highest BCUT2D eigenvalue weighted by atomic mass is 79.9. The standard InChI is InChI=1S/C20H21BrFNO2/c1-25-19-10-4-14(13-17(19)22)5-11-20(24)23-12-2-3-18(23)15-6-8-16(21)9-7-15/h4,6-10,13,18H,2-3,5,11-12H2,1H3. The Morgan fingerprint density at radius 3 is 2.72 bits per heavy atom. The molecule has 3 nitrogen and oxygen atoms in total. The predicted octanol–water partition coefficient (Wildman–Crippen LogP) is 4.89. The summed E-state index contributed by atoms with van der Waals surface area (Å²) in [4.78, 5) is 14.6. The molecular formula is C20H21BrFNO2. The second-order valence-electron chi connectivity index (χ2n) is 6.27. The molecule has 0 aromatic heterocycles. The fraction of sp³-hybridized carbons (Fsp3) is 0.350. The van der Waals surface area contributed by atoms with Crippen LogP contribution in [0.3, 0.4) is 0 Å². The van der Waals surface area contributed by atoms with Crippen LogP contribution in [0.25, 0.3) is 0 Å². The first-order valence-corrected chi connectivity index (χ1v) is 9.25. The Morgan fingerprint density at radius 1 is 1.28 bits per heavy atom. The maximum atomic E-state index is 13.8. The molecule has 0 aliphatic carbocycles. The number of nitrogens with zero attached hydrogens (tertiary/aromatic N) is 1. The van der Waals surface area contributed by atoms with Gasteiger partial charge < -0.3 is 9.64 Å². The van der Waals surface area contributed by atoms with Crippen LogP contribution in [0.2, 0.25) is 0 Å². The van der Waals surface area contributed by atoms with Crippen LogP contribution in [-0.4, -0.2) is 24.5 Å². The van der Waals surface area contributed by atoms with Crippen LogP contribution in [0.15, 0.2) is 46.9 Å². The van der Waals surface area contributed by atoms with Crippen LogP contribution in [-0.2, 0) is 11.2 Å². The van der Waals surface area contributed by atoms with Gasteiger partial charge in [-0.25, -0.2) is 4.39 Å². The number of hydrogen-bond donors (Lipinski definition) is 0. The molecule has 1 aliphatic heterocycles. The van der Waals surface area contributed by atoms with Gasteiger partial charge in [-0.05, 0) is 54.7 Å². The number of amides is 1. The Balaban J connectivity index is 1.64. The lowest BCUT2D eigenvalue weighted by Crippen LogP contribution is -2.30. The number of aryl methyl sites for hydroxylation is 1. The maximum Gasteiger partial charge on any atom is 0.223 e. The lowest BCUT2D eigenvalue weighted by Gasteiger charge is -2.25. The van der Waals surface area contributed by atoms with E-state index in [1.54, 1.807) is 6.07 Å². The van der Waals surface area contributed by atoms with Gasteiger partial charge in [0.1, 0.15) is 0 Å². The zero-order valence-corrected chi connectivity index (χ0v) is 15.8. The van der Waals surface area contributed by atoms with Gasteiger partial charge in [0.25, 0.3) is 0 Å². The summed E-state index contributed by atoms with van der Waals surface area (Å²) in [7, 11) is 1.44. The van der Waals surface area contributed by atoms with Gasteiger partial charge in [-0.2, -0.15) is 0 Å². The van der Waals surface area contributed by atoms with Crippen molar-refractivity contribution < 1.29 is 13.9 Å². The molecule has 1 fully saturated rings. The minimum atomic E-state index is -0.388. The normalized spacial score (nSPS) is 16.9. The Hall–Kier alpha value is -1.88. The van der Waals surface area contributed by atoms with Crippen LogP contribution < -0.4 is 4.74 Å². The molecular weight excluding hydrogens is 385 g/mol. The summed E-state index contributed by atoms with van der Waals surface area (Å²) < 4.78 is 19.7. The third kappa shape index (κ3) is 4.21. The van der Waals surface area contributed by atoms with E-state index < -0.39 is 0 Å². The minimum Gasteiger partial charge on any atom is -0.494 e. The van der Waals surface area contributed by atoms with Crippen molar-refractivity contribution in [1.82, 2.24) is 4.90 Å². The van der Waals surface area contributed by atoms with E-state index in [9.17, 15) is 9.18 Å². The van der Waals surface area contributed by atoms with Gasteiger partial charge in [0, 0.05) is 17.4 Å². The van der Waals surface area contributed by atoms with E-state index in [1.807, 2.05) is 23.1 Å². The van der Waals surface area contributed by atoms with Crippen molar-refractivity contribution in [3.63, 3.8) is 0 Å². The second-order valence-corrected chi connectivity index (χ2v) is 7.18.